The molecule has 3 aromatic rings. The Bertz CT molecular complexity index is 1350. The molecule has 0 unspecified atom stereocenters. The highest BCUT2D eigenvalue weighted by Gasteiger charge is 2.33. The van der Waals surface area contributed by atoms with Crippen molar-refractivity contribution >= 4 is 51.7 Å². The number of nitrogens with one attached hydrogen (secondary N) is 1. The Morgan fingerprint density at radius 3 is 2.78 bits per heavy atom. The van der Waals surface area contributed by atoms with E-state index in [9.17, 15) is 9.59 Å². The fourth-order valence-electron chi connectivity index (χ4n) is 4.43. The van der Waals surface area contributed by atoms with Crippen LogP contribution in [-0.2, 0) is 11.3 Å². The van der Waals surface area contributed by atoms with Crippen LogP contribution in [0.1, 0.15) is 57.1 Å². The summed E-state index contributed by atoms with van der Waals surface area (Å²) in [5.74, 6) is 0.750. The molecule has 4 rings (SSSR count). The van der Waals surface area contributed by atoms with Crippen LogP contribution in [0.5, 0.6) is 0 Å². The summed E-state index contributed by atoms with van der Waals surface area (Å²) < 4.78 is 4.09. The first-order valence-corrected chi connectivity index (χ1v) is 14.1. The van der Waals surface area contributed by atoms with Gasteiger partial charge in [-0.2, -0.15) is 0 Å². The van der Waals surface area contributed by atoms with Crippen molar-refractivity contribution in [2.75, 3.05) is 18.4 Å². The summed E-state index contributed by atoms with van der Waals surface area (Å²) in [6.07, 6.45) is 14.0. The van der Waals surface area contributed by atoms with E-state index >= 15 is 0 Å². The van der Waals surface area contributed by atoms with E-state index in [0.717, 1.165) is 44.2 Å². The number of thiocarbonyl (C=S) groups is 1. The Morgan fingerprint density at radius 2 is 2.05 bits per heavy atom. The lowest BCUT2D eigenvalue weighted by Gasteiger charge is -2.21. The van der Waals surface area contributed by atoms with Crippen molar-refractivity contribution in [2.24, 2.45) is 5.92 Å². The minimum absolute atomic E-state index is 0.134. The number of anilines is 1. The van der Waals surface area contributed by atoms with Crippen LogP contribution < -0.4 is 10.9 Å². The second-order valence-electron chi connectivity index (χ2n) is 9.35. The van der Waals surface area contributed by atoms with Gasteiger partial charge in [0.25, 0.3) is 11.5 Å². The smallest absolute Gasteiger partial charge is 0.267 e. The average Bonchev–Trinajstić information content (AvgIpc) is 3.50. The van der Waals surface area contributed by atoms with Gasteiger partial charge in [0.1, 0.15) is 15.8 Å². The van der Waals surface area contributed by atoms with E-state index < -0.39 is 0 Å². The van der Waals surface area contributed by atoms with Gasteiger partial charge in [-0.05, 0) is 43.4 Å². The predicted molar refractivity (Wildman–Crippen MR) is 155 cm³/mol. The number of carbonyl (C=O) groups is 1. The summed E-state index contributed by atoms with van der Waals surface area (Å²) in [7, 11) is 0. The summed E-state index contributed by atoms with van der Waals surface area (Å²) in [5, 5.41) is 3.34. The van der Waals surface area contributed by atoms with Gasteiger partial charge in [0.2, 0.25) is 0 Å². The van der Waals surface area contributed by atoms with Crippen LogP contribution in [0, 0.1) is 12.8 Å². The van der Waals surface area contributed by atoms with Crippen LogP contribution in [0.3, 0.4) is 0 Å². The molecule has 0 saturated carbocycles. The molecule has 1 saturated heterocycles. The molecule has 8 nitrogen and oxygen atoms in total. The van der Waals surface area contributed by atoms with Gasteiger partial charge in [0.05, 0.1) is 16.8 Å². The van der Waals surface area contributed by atoms with Gasteiger partial charge < -0.3 is 9.88 Å². The van der Waals surface area contributed by atoms with Crippen LogP contribution in [0.15, 0.2) is 46.8 Å². The van der Waals surface area contributed by atoms with Gasteiger partial charge in [0, 0.05) is 38.2 Å². The first-order valence-electron chi connectivity index (χ1n) is 12.9. The highest BCUT2D eigenvalue weighted by molar-refractivity contribution is 8.26. The van der Waals surface area contributed by atoms with Crippen LogP contribution in [0.4, 0.5) is 5.82 Å². The number of thioether (sulfide) groups is 1. The average molecular weight is 539 g/mol. The summed E-state index contributed by atoms with van der Waals surface area (Å²) >= 11 is 6.84. The molecule has 0 bridgehead atoms. The summed E-state index contributed by atoms with van der Waals surface area (Å²) in [6, 6.07) is 3.76. The van der Waals surface area contributed by atoms with Crippen molar-refractivity contribution in [3.63, 3.8) is 0 Å². The Kier molecular flexibility index (Phi) is 9.15. The number of amides is 1. The van der Waals surface area contributed by atoms with E-state index in [1.54, 1.807) is 29.7 Å². The number of aromatic nitrogens is 4. The van der Waals surface area contributed by atoms with Crippen molar-refractivity contribution in [1.29, 1.82) is 0 Å². The van der Waals surface area contributed by atoms with Gasteiger partial charge >= 0.3 is 0 Å². The van der Waals surface area contributed by atoms with Crippen molar-refractivity contribution in [3.8, 4) is 0 Å². The third kappa shape index (κ3) is 6.30. The van der Waals surface area contributed by atoms with Crippen LogP contribution >= 0.6 is 24.0 Å². The minimum Gasteiger partial charge on any atom is -0.369 e. The van der Waals surface area contributed by atoms with Gasteiger partial charge in [-0.3, -0.25) is 18.9 Å². The number of pyridine rings is 1. The minimum atomic E-state index is -0.217. The zero-order chi connectivity index (χ0) is 26.4. The molecule has 0 spiro atoms. The van der Waals surface area contributed by atoms with Gasteiger partial charge in [-0.25, -0.2) is 9.97 Å². The molecule has 1 fully saturated rings. The quantitative estimate of drug-likeness (QED) is 0.195. The number of aryl methyl sites for hydroxylation is 2. The summed E-state index contributed by atoms with van der Waals surface area (Å²) in [6.45, 7) is 8.29. The Morgan fingerprint density at radius 1 is 1.22 bits per heavy atom. The second-order valence-corrected chi connectivity index (χ2v) is 11.0. The first kappa shape index (κ1) is 27.1. The molecule has 1 aliphatic rings. The normalized spacial score (nSPS) is 15.8. The number of hydrogen-bond donors (Lipinski definition) is 1. The SMILES string of the molecule is CCCC[C@H](CC)CN1C(=O)/C(=C/c2c(NCCCn3ccnc3)nc3c(C)cccn3c2=O)SC1=S. The monoisotopic (exact) mass is 538 g/mol. The zero-order valence-corrected chi connectivity index (χ0v) is 23.3. The molecule has 37 heavy (non-hydrogen) atoms. The topological polar surface area (TPSA) is 84.5 Å². The molecule has 1 aliphatic heterocycles. The number of hydrogen-bond acceptors (Lipinski definition) is 7. The van der Waals surface area contributed by atoms with E-state index in [1.807, 2.05) is 29.8 Å². The highest BCUT2D eigenvalue weighted by atomic mass is 32.2. The second kappa shape index (κ2) is 12.5. The van der Waals surface area contributed by atoms with E-state index in [-0.39, 0.29) is 11.5 Å². The number of carbonyl (C=O) groups excluding carboxylic acids is 1. The van der Waals surface area contributed by atoms with Crippen LogP contribution in [0.25, 0.3) is 11.7 Å². The number of nitrogens with zero attached hydrogens (tertiary/aromatic N) is 5. The maximum Gasteiger partial charge on any atom is 0.267 e. The molecule has 0 radical (unpaired) electrons. The number of fused-ring (bicyclic) bond motifs is 1. The number of unbranched alkanes of at least 4 members (excludes halogenated alkanes) is 1. The number of imidazole rings is 1. The third-order valence-corrected chi connectivity index (χ3v) is 8.04. The lowest BCUT2D eigenvalue weighted by molar-refractivity contribution is -0.122. The van der Waals surface area contributed by atoms with E-state index in [2.05, 4.69) is 24.1 Å². The molecular formula is C27H34N6O2S2. The van der Waals surface area contributed by atoms with Gasteiger partial charge in [-0.15, -0.1) is 0 Å². The summed E-state index contributed by atoms with van der Waals surface area (Å²) in [5.41, 5.74) is 1.64. The van der Waals surface area contributed by atoms with E-state index in [4.69, 9.17) is 17.2 Å². The van der Waals surface area contributed by atoms with E-state index in [0.29, 0.717) is 45.3 Å². The van der Waals surface area contributed by atoms with Crippen molar-refractivity contribution in [1.82, 2.24) is 23.8 Å². The van der Waals surface area contributed by atoms with Crippen molar-refractivity contribution in [2.45, 2.75) is 59.4 Å². The zero-order valence-electron chi connectivity index (χ0n) is 21.6. The molecular weight excluding hydrogens is 504 g/mol. The molecule has 1 atom stereocenters. The largest absolute Gasteiger partial charge is 0.369 e. The molecule has 4 heterocycles. The molecule has 1 N–H and O–H groups in total. The van der Waals surface area contributed by atoms with Crippen LogP contribution in [-0.4, -0.2) is 47.2 Å². The van der Waals surface area contributed by atoms with Crippen molar-refractivity contribution < 1.29 is 4.79 Å². The lowest BCUT2D eigenvalue weighted by atomic mass is 9.99. The molecule has 10 heteroatoms. The van der Waals surface area contributed by atoms with Gasteiger partial charge in [0.15, 0.2) is 0 Å². The maximum atomic E-state index is 13.6. The predicted octanol–water partition coefficient (Wildman–Crippen LogP) is 5.12. The first-order chi connectivity index (χ1) is 17.9. The Balaban J connectivity index is 1.62. The maximum absolute atomic E-state index is 13.6. The standard InChI is InChI=1S/C27H34N6O2S2/c1-4-6-10-20(5-2)17-33-26(35)22(37-27(33)36)16-21-23(29-11-8-13-31-15-12-28-18-31)30-24-19(3)9-7-14-32(24)25(21)34/h7,9,12,14-16,18,20,29H,4-6,8,10-11,13,17H2,1-3H3/b22-16-/t20-/m0/s1. The number of rotatable bonds is 12. The highest BCUT2D eigenvalue weighted by Crippen LogP contribution is 2.34. The third-order valence-electron chi connectivity index (χ3n) is 6.66. The van der Waals surface area contributed by atoms with Crippen LogP contribution in [0.2, 0.25) is 0 Å². The van der Waals surface area contributed by atoms with Gasteiger partial charge in [-0.1, -0.05) is 63.2 Å². The summed E-state index contributed by atoms with van der Waals surface area (Å²) in [4.78, 5) is 38.0. The molecule has 0 aliphatic carbocycles. The molecule has 196 valence electrons. The fraction of sp³-hybridized carbons (Fsp3) is 0.444. The van der Waals surface area contributed by atoms with Crippen molar-refractivity contribution in [3.05, 3.63) is 63.4 Å². The Labute approximate surface area is 227 Å². The molecule has 0 aromatic carbocycles. The lowest BCUT2D eigenvalue weighted by Crippen LogP contribution is -2.33. The fourth-order valence-corrected chi connectivity index (χ4v) is 5.68. The molecule has 3 aromatic heterocycles. The van der Waals surface area contributed by atoms with E-state index in [1.165, 1.54) is 16.2 Å². The Hall–Kier alpha value is -2.98. The molecule has 1 amide bonds.